The molecule has 134 valence electrons. The van der Waals surface area contributed by atoms with Crippen molar-refractivity contribution in [3.63, 3.8) is 0 Å². The van der Waals surface area contributed by atoms with Gasteiger partial charge in [0.15, 0.2) is 0 Å². The van der Waals surface area contributed by atoms with Crippen molar-refractivity contribution >= 4 is 22.6 Å². The van der Waals surface area contributed by atoms with E-state index < -0.39 is 0 Å². The predicted molar refractivity (Wildman–Crippen MR) is 101 cm³/mol. The van der Waals surface area contributed by atoms with Crippen LogP contribution in [0.1, 0.15) is 19.3 Å². The minimum absolute atomic E-state index is 0.0190. The van der Waals surface area contributed by atoms with Gasteiger partial charge < -0.3 is 9.88 Å². The van der Waals surface area contributed by atoms with E-state index >= 15 is 0 Å². The molecule has 1 N–H and O–H groups in total. The average molecular weight is 350 g/mol. The molecule has 4 rings (SSSR count). The van der Waals surface area contributed by atoms with Crippen LogP contribution in [0.4, 0.5) is 5.82 Å². The maximum atomic E-state index is 12.3. The Balaban J connectivity index is 1.52. The van der Waals surface area contributed by atoms with Gasteiger partial charge in [0.1, 0.15) is 5.82 Å². The topological polar surface area (TPSA) is 75.9 Å². The molecule has 0 radical (unpaired) electrons. The van der Waals surface area contributed by atoms with Crippen molar-refractivity contribution in [3.05, 3.63) is 37.1 Å². The number of piperidine rings is 1. The van der Waals surface area contributed by atoms with Crippen molar-refractivity contribution < 1.29 is 4.79 Å². The molecule has 0 aliphatic carbocycles. The molecule has 3 aromatic heterocycles. The number of pyridine rings is 2. The van der Waals surface area contributed by atoms with Gasteiger partial charge in [0.2, 0.25) is 5.91 Å². The molecule has 0 atom stereocenters. The first-order chi connectivity index (χ1) is 12.7. The number of rotatable bonds is 4. The maximum Gasteiger partial charge on any atom is 0.239 e. The minimum Gasteiger partial charge on any atom is -0.334 e. The highest BCUT2D eigenvalue weighted by atomic mass is 16.2. The summed E-state index contributed by atoms with van der Waals surface area (Å²) in [6, 6.07) is 3.91. The number of carbonyl (C=O) groups is 1. The predicted octanol–water partition coefficient (Wildman–Crippen LogP) is 2.45. The smallest absolute Gasteiger partial charge is 0.239 e. The first-order valence-corrected chi connectivity index (χ1v) is 8.94. The quantitative estimate of drug-likeness (QED) is 0.782. The minimum atomic E-state index is -0.0190. The Morgan fingerprint density at radius 1 is 1.12 bits per heavy atom. The first-order valence-electron chi connectivity index (χ1n) is 8.94. The number of fused-ring (bicyclic) bond motifs is 1. The molecular weight excluding hydrogens is 328 g/mol. The SMILES string of the molecule is Cn1cncc1-c1cnc2cnc(NC(=O)CN3CCCCC3)cc2c1. The lowest BCUT2D eigenvalue weighted by atomic mass is 10.1. The van der Waals surface area contributed by atoms with Crippen molar-refractivity contribution in [1.82, 2.24) is 24.4 Å². The second-order valence-corrected chi connectivity index (χ2v) is 6.76. The summed E-state index contributed by atoms with van der Waals surface area (Å²) >= 11 is 0. The molecule has 1 fully saturated rings. The Labute approximate surface area is 152 Å². The summed E-state index contributed by atoms with van der Waals surface area (Å²) in [6.45, 7) is 2.42. The van der Waals surface area contributed by atoms with Crippen LogP contribution in [0.15, 0.2) is 37.1 Å². The summed E-state index contributed by atoms with van der Waals surface area (Å²) in [6.07, 6.45) is 10.7. The van der Waals surface area contributed by atoms with E-state index in [1.54, 1.807) is 12.5 Å². The molecule has 0 saturated carbocycles. The fourth-order valence-electron chi connectivity index (χ4n) is 3.38. The highest BCUT2D eigenvalue weighted by Crippen LogP contribution is 2.23. The lowest BCUT2D eigenvalue weighted by Crippen LogP contribution is -2.36. The van der Waals surface area contributed by atoms with Crippen LogP contribution >= 0.6 is 0 Å². The van der Waals surface area contributed by atoms with Gasteiger partial charge in [0.25, 0.3) is 0 Å². The maximum absolute atomic E-state index is 12.3. The normalized spacial score (nSPS) is 15.3. The van der Waals surface area contributed by atoms with E-state index in [9.17, 15) is 4.79 Å². The van der Waals surface area contributed by atoms with Crippen molar-refractivity contribution in [2.75, 3.05) is 25.0 Å². The summed E-state index contributed by atoms with van der Waals surface area (Å²) in [5.41, 5.74) is 2.77. The van der Waals surface area contributed by atoms with E-state index in [0.29, 0.717) is 12.4 Å². The molecule has 1 aliphatic heterocycles. The molecule has 0 unspecified atom stereocenters. The second kappa shape index (κ2) is 7.21. The van der Waals surface area contributed by atoms with Crippen molar-refractivity contribution in [2.45, 2.75) is 19.3 Å². The number of hydrogen-bond donors (Lipinski definition) is 1. The van der Waals surface area contributed by atoms with E-state index in [1.165, 1.54) is 19.3 Å². The summed E-state index contributed by atoms with van der Waals surface area (Å²) in [7, 11) is 1.95. The van der Waals surface area contributed by atoms with Crippen LogP contribution in [0.25, 0.3) is 22.2 Å². The molecule has 1 saturated heterocycles. The van der Waals surface area contributed by atoms with Gasteiger partial charge in [-0.05, 0) is 38.1 Å². The molecule has 7 heteroatoms. The van der Waals surface area contributed by atoms with Gasteiger partial charge in [-0.25, -0.2) is 9.97 Å². The Kier molecular flexibility index (Phi) is 4.62. The molecule has 0 aromatic carbocycles. The Morgan fingerprint density at radius 2 is 1.96 bits per heavy atom. The van der Waals surface area contributed by atoms with Gasteiger partial charge in [-0.2, -0.15) is 0 Å². The Morgan fingerprint density at radius 3 is 2.73 bits per heavy atom. The van der Waals surface area contributed by atoms with E-state index in [4.69, 9.17) is 0 Å². The van der Waals surface area contributed by atoms with Crippen LogP contribution in [-0.4, -0.2) is 50.0 Å². The third-order valence-electron chi connectivity index (χ3n) is 4.76. The fraction of sp³-hybridized carbons (Fsp3) is 0.368. The highest BCUT2D eigenvalue weighted by Gasteiger charge is 2.14. The van der Waals surface area contributed by atoms with Crippen molar-refractivity contribution in [2.24, 2.45) is 7.05 Å². The van der Waals surface area contributed by atoms with Gasteiger partial charge in [0.05, 0.1) is 36.5 Å². The summed E-state index contributed by atoms with van der Waals surface area (Å²) in [5, 5.41) is 3.85. The van der Waals surface area contributed by atoms with E-state index in [2.05, 4.69) is 25.2 Å². The second-order valence-electron chi connectivity index (χ2n) is 6.76. The zero-order valence-corrected chi connectivity index (χ0v) is 14.9. The number of anilines is 1. The van der Waals surface area contributed by atoms with Gasteiger partial charge in [0, 0.05) is 24.2 Å². The number of nitrogens with zero attached hydrogens (tertiary/aromatic N) is 5. The van der Waals surface area contributed by atoms with Crippen LogP contribution in [0.5, 0.6) is 0 Å². The lowest BCUT2D eigenvalue weighted by molar-refractivity contribution is -0.117. The van der Waals surface area contributed by atoms with Crippen LogP contribution in [0.3, 0.4) is 0 Å². The first kappa shape index (κ1) is 16.7. The zero-order chi connectivity index (χ0) is 17.9. The summed E-state index contributed by atoms with van der Waals surface area (Å²) in [4.78, 5) is 27.4. The van der Waals surface area contributed by atoms with Crippen molar-refractivity contribution in [1.29, 1.82) is 0 Å². The number of carbonyl (C=O) groups excluding carboxylic acids is 1. The average Bonchev–Trinajstić information content (AvgIpc) is 3.08. The molecule has 26 heavy (non-hydrogen) atoms. The third kappa shape index (κ3) is 3.57. The number of aromatic nitrogens is 4. The number of amides is 1. The summed E-state index contributed by atoms with van der Waals surface area (Å²) in [5.74, 6) is 0.540. The molecule has 1 aliphatic rings. The number of hydrogen-bond acceptors (Lipinski definition) is 5. The van der Waals surface area contributed by atoms with E-state index in [0.717, 1.165) is 35.2 Å². The monoisotopic (exact) mass is 350 g/mol. The fourth-order valence-corrected chi connectivity index (χ4v) is 3.38. The Hall–Kier alpha value is -2.80. The number of nitrogens with one attached hydrogen (secondary N) is 1. The zero-order valence-electron chi connectivity index (χ0n) is 14.9. The van der Waals surface area contributed by atoms with E-state index in [1.807, 2.05) is 36.1 Å². The standard InChI is InChI=1S/C19H22N6O/c1-24-13-20-11-17(24)15-7-14-8-18(22-10-16(14)21-9-15)23-19(26)12-25-5-3-2-4-6-25/h7-11,13H,2-6,12H2,1H3,(H,22,23,26). The molecular formula is C19H22N6O. The lowest BCUT2D eigenvalue weighted by Gasteiger charge is -2.25. The molecule has 4 heterocycles. The molecule has 3 aromatic rings. The van der Waals surface area contributed by atoms with Crippen molar-refractivity contribution in [3.8, 4) is 11.3 Å². The summed E-state index contributed by atoms with van der Waals surface area (Å²) < 4.78 is 1.95. The highest BCUT2D eigenvalue weighted by molar-refractivity contribution is 5.93. The molecule has 0 bridgehead atoms. The molecule has 7 nitrogen and oxygen atoms in total. The molecule has 0 spiro atoms. The Bertz CT molecular complexity index is 929. The number of likely N-dealkylation sites (tertiary alicyclic amines) is 1. The largest absolute Gasteiger partial charge is 0.334 e. The van der Waals surface area contributed by atoms with Crippen LogP contribution in [0.2, 0.25) is 0 Å². The molecule has 1 amide bonds. The van der Waals surface area contributed by atoms with Gasteiger partial charge in [-0.1, -0.05) is 6.42 Å². The van der Waals surface area contributed by atoms with Crippen LogP contribution < -0.4 is 5.32 Å². The van der Waals surface area contributed by atoms with Gasteiger partial charge in [-0.15, -0.1) is 0 Å². The van der Waals surface area contributed by atoms with Gasteiger partial charge >= 0.3 is 0 Å². The van der Waals surface area contributed by atoms with E-state index in [-0.39, 0.29) is 5.91 Å². The third-order valence-corrected chi connectivity index (χ3v) is 4.76. The number of imidazole rings is 1. The number of aryl methyl sites for hydroxylation is 1. The van der Waals surface area contributed by atoms with Gasteiger partial charge in [-0.3, -0.25) is 14.7 Å². The van der Waals surface area contributed by atoms with Crippen LogP contribution in [-0.2, 0) is 11.8 Å². The van der Waals surface area contributed by atoms with Crippen LogP contribution in [0, 0.1) is 0 Å².